The van der Waals surface area contributed by atoms with Crippen molar-refractivity contribution in [1.29, 1.82) is 0 Å². The number of piperidine rings is 1. The number of carbonyl (C=O) groups is 1. The summed E-state index contributed by atoms with van der Waals surface area (Å²) in [7, 11) is 0. The van der Waals surface area contributed by atoms with E-state index in [1.807, 2.05) is 18.7 Å². The Labute approximate surface area is 117 Å². The van der Waals surface area contributed by atoms with Crippen molar-refractivity contribution >= 4 is 5.91 Å². The molecule has 1 aliphatic heterocycles. The average Bonchev–Trinajstić information content (AvgIpc) is 2.41. The molecular weight excluding hydrogens is 240 g/mol. The van der Waals surface area contributed by atoms with Gasteiger partial charge in [0.15, 0.2) is 0 Å². The van der Waals surface area contributed by atoms with E-state index in [4.69, 9.17) is 5.11 Å². The molecule has 112 valence electrons. The average molecular weight is 270 g/mol. The van der Waals surface area contributed by atoms with Crippen molar-refractivity contribution in [3.8, 4) is 0 Å². The zero-order valence-electron chi connectivity index (χ0n) is 12.7. The van der Waals surface area contributed by atoms with Crippen LogP contribution in [0.25, 0.3) is 0 Å². The standard InChI is InChI=1S/C15H30N2O2/c1-4-7-16-14-9-13(6-5-8-18)10-17(11-14)15(19)12(2)3/h12-14,16,18H,4-11H2,1-3H3. The maximum atomic E-state index is 12.2. The van der Waals surface area contributed by atoms with Gasteiger partial charge < -0.3 is 15.3 Å². The molecular formula is C15H30N2O2. The molecule has 4 heteroatoms. The van der Waals surface area contributed by atoms with Gasteiger partial charge in [0.1, 0.15) is 0 Å². The van der Waals surface area contributed by atoms with E-state index in [0.717, 1.165) is 45.3 Å². The summed E-state index contributed by atoms with van der Waals surface area (Å²) in [6, 6.07) is 0.417. The van der Waals surface area contributed by atoms with Gasteiger partial charge in [-0.2, -0.15) is 0 Å². The first-order valence-electron chi connectivity index (χ1n) is 7.71. The zero-order chi connectivity index (χ0) is 14.3. The normalized spacial score (nSPS) is 23.9. The maximum Gasteiger partial charge on any atom is 0.225 e. The van der Waals surface area contributed by atoms with Crippen molar-refractivity contribution in [3.63, 3.8) is 0 Å². The molecule has 0 aromatic carbocycles. The largest absolute Gasteiger partial charge is 0.396 e. The molecule has 1 heterocycles. The molecule has 2 unspecified atom stereocenters. The molecule has 0 saturated carbocycles. The Morgan fingerprint density at radius 1 is 1.42 bits per heavy atom. The third kappa shape index (κ3) is 5.49. The molecule has 1 aliphatic rings. The summed E-state index contributed by atoms with van der Waals surface area (Å²) >= 11 is 0. The minimum absolute atomic E-state index is 0.0726. The highest BCUT2D eigenvalue weighted by Gasteiger charge is 2.30. The lowest BCUT2D eigenvalue weighted by molar-refractivity contribution is -0.137. The van der Waals surface area contributed by atoms with E-state index < -0.39 is 0 Å². The van der Waals surface area contributed by atoms with E-state index >= 15 is 0 Å². The number of aliphatic hydroxyl groups excluding tert-OH is 1. The summed E-state index contributed by atoms with van der Waals surface area (Å²) in [5.74, 6) is 0.860. The zero-order valence-corrected chi connectivity index (χ0v) is 12.7. The Bertz CT molecular complexity index is 253. The number of carbonyl (C=O) groups excluding carboxylic acids is 1. The molecule has 1 rings (SSSR count). The third-order valence-electron chi connectivity index (χ3n) is 3.80. The predicted molar refractivity (Wildman–Crippen MR) is 77.9 cm³/mol. The SMILES string of the molecule is CCCNC1CC(CCCO)CN(C(=O)C(C)C)C1. The van der Waals surface area contributed by atoms with Crippen LogP contribution < -0.4 is 5.32 Å². The smallest absolute Gasteiger partial charge is 0.225 e. The summed E-state index contributed by atoms with van der Waals surface area (Å²) in [4.78, 5) is 14.2. The van der Waals surface area contributed by atoms with Crippen LogP contribution in [0.3, 0.4) is 0 Å². The molecule has 0 aromatic rings. The van der Waals surface area contributed by atoms with Gasteiger partial charge in [-0.1, -0.05) is 20.8 Å². The second kappa shape index (κ2) is 8.54. The molecule has 4 nitrogen and oxygen atoms in total. The molecule has 2 atom stereocenters. The topological polar surface area (TPSA) is 52.6 Å². The van der Waals surface area contributed by atoms with Gasteiger partial charge in [-0.15, -0.1) is 0 Å². The Hall–Kier alpha value is -0.610. The van der Waals surface area contributed by atoms with E-state index in [1.165, 1.54) is 0 Å². The summed E-state index contributed by atoms with van der Waals surface area (Å²) in [6.45, 7) is 9.06. The molecule has 1 fully saturated rings. The number of nitrogens with one attached hydrogen (secondary N) is 1. The van der Waals surface area contributed by atoms with E-state index in [9.17, 15) is 4.79 Å². The molecule has 0 aromatic heterocycles. The van der Waals surface area contributed by atoms with Gasteiger partial charge in [-0.3, -0.25) is 4.79 Å². The van der Waals surface area contributed by atoms with Crippen LogP contribution in [-0.4, -0.2) is 48.2 Å². The monoisotopic (exact) mass is 270 g/mol. The molecule has 1 saturated heterocycles. The number of hydrogen-bond acceptors (Lipinski definition) is 3. The fourth-order valence-electron chi connectivity index (χ4n) is 2.83. The number of rotatable bonds is 7. The fourth-order valence-corrected chi connectivity index (χ4v) is 2.83. The van der Waals surface area contributed by atoms with Crippen molar-refractivity contribution in [2.24, 2.45) is 11.8 Å². The second-order valence-electron chi connectivity index (χ2n) is 6.02. The van der Waals surface area contributed by atoms with Gasteiger partial charge in [-0.05, 0) is 38.1 Å². The lowest BCUT2D eigenvalue weighted by Gasteiger charge is -2.39. The Kier molecular flexibility index (Phi) is 7.39. The Balaban J connectivity index is 2.57. The van der Waals surface area contributed by atoms with Crippen LogP contribution in [-0.2, 0) is 4.79 Å². The van der Waals surface area contributed by atoms with Crippen LogP contribution in [0.15, 0.2) is 0 Å². The van der Waals surface area contributed by atoms with Crippen LogP contribution >= 0.6 is 0 Å². The summed E-state index contributed by atoms with van der Waals surface area (Å²) < 4.78 is 0. The summed E-state index contributed by atoms with van der Waals surface area (Å²) in [5.41, 5.74) is 0. The predicted octanol–water partition coefficient (Wildman–Crippen LogP) is 1.63. The van der Waals surface area contributed by atoms with Gasteiger partial charge >= 0.3 is 0 Å². The first-order valence-corrected chi connectivity index (χ1v) is 7.71. The highest BCUT2D eigenvalue weighted by Crippen LogP contribution is 2.22. The van der Waals surface area contributed by atoms with Crippen molar-refractivity contribution in [2.75, 3.05) is 26.2 Å². The molecule has 2 N–H and O–H groups in total. The van der Waals surface area contributed by atoms with Crippen molar-refractivity contribution in [1.82, 2.24) is 10.2 Å². The molecule has 0 bridgehead atoms. The van der Waals surface area contributed by atoms with Gasteiger partial charge in [0.05, 0.1) is 0 Å². The molecule has 0 radical (unpaired) electrons. The van der Waals surface area contributed by atoms with Crippen LogP contribution in [0.5, 0.6) is 0 Å². The van der Waals surface area contributed by atoms with Crippen LogP contribution in [0, 0.1) is 11.8 Å². The third-order valence-corrected chi connectivity index (χ3v) is 3.80. The van der Waals surface area contributed by atoms with Crippen molar-refractivity contribution in [3.05, 3.63) is 0 Å². The van der Waals surface area contributed by atoms with E-state index in [2.05, 4.69) is 12.2 Å². The summed E-state index contributed by atoms with van der Waals surface area (Å²) in [5, 5.41) is 12.5. The lowest BCUT2D eigenvalue weighted by Crippen LogP contribution is -2.52. The van der Waals surface area contributed by atoms with E-state index in [-0.39, 0.29) is 18.4 Å². The number of amides is 1. The van der Waals surface area contributed by atoms with Crippen molar-refractivity contribution in [2.45, 2.75) is 52.5 Å². The molecule has 0 spiro atoms. The molecule has 0 aliphatic carbocycles. The molecule has 19 heavy (non-hydrogen) atoms. The maximum absolute atomic E-state index is 12.2. The number of nitrogens with zero attached hydrogens (tertiary/aromatic N) is 1. The van der Waals surface area contributed by atoms with E-state index in [0.29, 0.717) is 12.0 Å². The minimum atomic E-state index is 0.0726. The number of aliphatic hydroxyl groups is 1. The van der Waals surface area contributed by atoms with Crippen molar-refractivity contribution < 1.29 is 9.90 Å². The van der Waals surface area contributed by atoms with Gasteiger partial charge in [-0.25, -0.2) is 0 Å². The van der Waals surface area contributed by atoms with E-state index in [1.54, 1.807) is 0 Å². The highest BCUT2D eigenvalue weighted by atomic mass is 16.2. The van der Waals surface area contributed by atoms with Crippen LogP contribution in [0.4, 0.5) is 0 Å². The van der Waals surface area contributed by atoms with Gasteiger partial charge in [0, 0.05) is 31.7 Å². The minimum Gasteiger partial charge on any atom is -0.396 e. The molecule has 1 amide bonds. The second-order valence-corrected chi connectivity index (χ2v) is 6.02. The summed E-state index contributed by atoms with van der Waals surface area (Å²) in [6.07, 6.45) is 4.11. The fraction of sp³-hybridized carbons (Fsp3) is 0.933. The lowest BCUT2D eigenvalue weighted by atomic mass is 9.89. The Morgan fingerprint density at radius 3 is 2.74 bits per heavy atom. The Morgan fingerprint density at radius 2 is 2.16 bits per heavy atom. The first-order chi connectivity index (χ1) is 9.08. The first kappa shape index (κ1) is 16.4. The highest BCUT2D eigenvalue weighted by molar-refractivity contribution is 5.78. The number of hydrogen-bond donors (Lipinski definition) is 2. The van der Waals surface area contributed by atoms with Gasteiger partial charge in [0.2, 0.25) is 5.91 Å². The van der Waals surface area contributed by atoms with Crippen LogP contribution in [0.1, 0.15) is 46.5 Å². The number of likely N-dealkylation sites (tertiary alicyclic amines) is 1. The van der Waals surface area contributed by atoms with Gasteiger partial charge in [0.25, 0.3) is 0 Å². The quantitative estimate of drug-likeness (QED) is 0.739. The van der Waals surface area contributed by atoms with Crippen LogP contribution in [0.2, 0.25) is 0 Å².